The van der Waals surface area contributed by atoms with Crippen LogP contribution in [0.5, 0.6) is 5.75 Å². The fraction of sp³-hybridized carbons (Fsp3) is 0.0667. The Balaban J connectivity index is 0.000000219. The van der Waals surface area contributed by atoms with Gasteiger partial charge in [-0.2, -0.15) is 5.26 Å². The van der Waals surface area contributed by atoms with E-state index in [0.717, 1.165) is 0 Å². The van der Waals surface area contributed by atoms with Crippen LogP contribution in [0.4, 0.5) is 10.1 Å². The van der Waals surface area contributed by atoms with E-state index in [0.29, 0.717) is 11.3 Å². The maximum absolute atomic E-state index is 12.3. The highest BCUT2D eigenvalue weighted by molar-refractivity contribution is 5.93. The fourth-order valence-corrected chi connectivity index (χ4v) is 1.42. The van der Waals surface area contributed by atoms with Gasteiger partial charge in [-0.25, -0.2) is 9.18 Å². The molecular formula is C15H13FN2O3. The van der Waals surface area contributed by atoms with Crippen LogP contribution in [-0.4, -0.2) is 18.2 Å². The van der Waals surface area contributed by atoms with Crippen molar-refractivity contribution < 1.29 is 19.0 Å². The number of nitrogens with zero attached hydrogens (tertiary/aromatic N) is 1. The molecule has 6 heteroatoms. The summed E-state index contributed by atoms with van der Waals surface area (Å²) >= 11 is 0. The lowest BCUT2D eigenvalue weighted by molar-refractivity contribution is 0.0698. The summed E-state index contributed by atoms with van der Waals surface area (Å²) in [5, 5.41) is 17.0. The van der Waals surface area contributed by atoms with Gasteiger partial charge >= 0.3 is 5.97 Å². The molecule has 2 rings (SSSR count). The Bertz CT molecular complexity index is 681. The van der Waals surface area contributed by atoms with Gasteiger partial charge in [-0.1, -0.05) is 6.07 Å². The molecule has 0 aromatic heterocycles. The molecule has 0 saturated carbocycles. The smallest absolute Gasteiger partial charge is 0.337 e. The topological polar surface area (TPSA) is 96.3 Å². The van der Waals surface area contributed by atoms with Gasteiger partial charge in [0.25, 0.3) is 0 Å². The van der Waals surface area contributed by atoms with Crippen molar-refractivity contribution in [2.75, 3.05) is 12.8 Å². The minimum absolute atomic E-state index is 0.0222. The summed E-state index contributed by atoms with van der Waals surface area (Å²) in [7, 11) is 1.51. The molecule has 0 aliphatic heterocycles. The summed E-state index contributed by atoms with van der Waals surface area (Å²) < 4.78 is 17.0. The van der Waals surface area contributed by atoms with E-state index in [1.807, 2.05) is 6.07 Å². The maximum Gasteiger partial charge on any atom is 0.337 e. The van der Waals surface area contributed by atoms with Gasteiger partial charge in [0.1, 0.15) is 11.6 Å². The van der Waals surface area contributed by atoms with Crippen molar-refractivity contribution in [1.82, 2.24) is 0 Å². The summed E-state index contributed by atoms with van der Waals surface area (Å²) in [5.41, 5.74) is 5.86. The molecule has 0 spiro atoms. The van der Waals surface area contributed by atoms with Crippen molar-refractivity contribution in [3.05, 3.63) is 59.4 Å². The normalized spacial score (nSPS) is 9.00. The molecule has 2 aromatic carbocycles. The molecule has 0 bridgehead atoms. The largest absolute Gasteiger partial charge is 0.497 e. The Labute approximate surface area is 121 Å². The van der Waals surface area contributed by atoms with E-state index in [1.165, 1.54) is 37.4 Å². The van der Waals surface area contributed by atoms with Gasteiger partial charge < -0.3 is 15.6 Å². The number of nitrogen functional groups attached to an aromatic ring is 1. The molecule has 0 atom stereocenters. The maximum atomic E-state index is 12.3. The number of nitrogens with two attached hydrogens (primary N) is 1. The summed E-state index contributed by atoms with van der Waals surface area (Å²) in [5.74, 6) is -0.804. The molecule has 2 aromatic rings. The lowest BCUT2D eigenvalue weighted by Gasteiger charge is -1.98. The molecule has 5 nitrogen and oxygen atoms in total. The van der Waals surface area contributed by atoms with Gasteiger partial charge in [-0.3, -0.25) is 0 Å². The Morgan fingerprint density at radius 2 is 2.05 bits per heavy atom. The predicted molar refractivity (Wildman–Crippen MR) is 75.5 cm³/mol. The van der Waals surface area contributed by atoms with Crippen molar-refractivity contribution in [3.63, 3.8) is 0 Å². The average molecular weight is 288 g/mol. The van der Waals surface area contributed by atoms with Crippen LogP contribution in [-0.2, 0) is 0 Å². The number of anilines is 1. The molecule has 0 radical (unpaired) electrons. The lowest BCUT2D eigenvalue weighted by Crippen LogP contribution is -2.02. The standard InChI is InChI=1S/C8H6N2O2.C7H7FO/c9-4-5-1-2-6(8(11)12)7(10)3-5;1-9-7-4-2-3-6(8)5-7/h1-3H,10H2,(H,11,12);2-5H,1H3. The first-order chi connectivity index (χ1) is 9.97. The van der Waals surface area contributed by atoms with Gasteiger partial charge in [0.05, 0.1) is 24.3 Å². The molecule has 0 amide bonds. The van der Waals surface area contributed by atoms with E-state index in [9.17, 15) is 9.18 Å². The van der Waals surface area contributed by atoms with Crippen LogP contribution in [0.15, 0.2) is 42.5 Å². The van der Waals surface area contributed by atoms with E-state index in [2.05, 4.69) is 0 Å². The molecule has 0 aliphatic carbocycles. The highest BCUT2D eigenvalue weighted by Gasteiger charge is 2.06. The quantitative estimate of drug-likeness (QED) is 0.828. The van der Waals surface area contributed by atoms with E-state index in [4.69, 9.17) is 20.8 Å². The fourth-order valence-electron chi connectivity index (χ4n) is 1.42. The van der Waals surface area contributed by atoms with Crippen molar-refractivity contribution in [2.24, 2.45) is 0 Å². The number of carbonyl (C=O) groups is 1. The second-order valence-corrected chi connectivity index (χ2v) is 3.88. The van der Waals surface area contributed by atoms with Crippen LogP contribution < -0.4 is 10.5 Å². The monoisotopic (exact) mass is 288 g/mol. The Hall–Kier alpha value is -3.07. The zero-order valence-corrected chi connectivity index (χ0v) is 11.2. The van der Waals surface area contributed by atoms with Gasteiger partial charge in [0.15, 0.2) is 0 Å². The summed E-state index contributed by atoms with van der Waals surface area (Å²) in [6.45, 7) is 0. The number of nitriles is 1. The number of aromatic carboxylic acids is 1. The Morgan fingerprint density at radius 3 is 2.48 bits per heavy atom. The van der Waals surface area contributed by atoms with Crippen LogP contribution in [0.3, 0.4) is 0 Å². The number of ether oxygens (including phenoxy) is 1. The van der Waals surface area contributed by atoms with Crippen LogP contribution in [0.1, 0.15) is 15.9 Å². The third-order valence-electron chi connectivity index (χ3n) is 2.44. The number of methoxy groups -OCH3 is 1. The van der Waals surface area contributed by atoms with Crippen LogP contribution >= 0.6 is 0 Å². The molecule has 108 valence electrons. The zero-order valence-electron chi connectivity index (χ0n) is 11.2. The predicted octanol–water partition coefficient (Wildman–Crippen LogP) is 2.67. The molecule has 0 aliphatic rings. The van der Waals surface area contributed by atoms with Crippen molar-refractivity contribution in [1.29, 1.82) is 5.26 Å². The average Bonchev–Trinajstić information content (AvgIpc) is 2.47. The van der Waals surface area contributed by atoms with E-state index in [1.54, 1.807) is 12.1 Å². The summed E-state index contributed by atoms with van der Waals surface area (Å²) in [6.07, 6.45) is 0. The zero-order chi connectivity index (χ0) is 15.8. The number of carboxylic acids is 1. The van der Waals surface area contributed by atoms with Crippen LogP contribution in [0, 0.1) is 17.1 Å². The van der Waals surface area contributed by atoms with Crippen molar-refractivity contribution in [2.45, 2.75) is 0 Å². The first kappa shape index (κ1) is 16.0. The number of hydrogen-bond acceptors (Lipinski definition) is 4. The van der Waals surface area contributed by atoms with Gasteiger partial charge in [-0.15, -0.1) is 0 Å². The number of carboxylic acid groups (broad SMARTS) is 1. The summed E-state index contributed by atoms with van der Waals surface area (Å²) in [4.78, 5) is 10.5. The van der Waals surface area contributed by atoms with Gasteiger partial charge in [0.2, 0.25) is 0 Å². The first-order valence-corrected chi connectivity index (χ1v) is 5.80. The molecule has 0 saturated heterocycles. The highest BCUT2D eigenvalue weighted by Crippen LogP contribution is 2.13. The second kappa shape index (κ2) is 7.50. The van der Waals surface area contributed by atoms with E-state index < -0.39 is 5.97 Å². The summed E-state index contributed by atoms with van der Waals surface area (Å²) in [6, 6.07) is 11.9. The van der Waals surface area contributed by atoms with Gasteiger partial charge in [0, 0.05) is 11.8 Å². The van der Waals surface area contributed by atoms with Crippen LogP contribution in [0.2, 0.25) is 0 Å². The highest BCUT2D eigenvalue weighted by atomic mass is 19.1. The molecule has 0 heterocycles. The van der Waals surface area contributed by atoms with Crippen molar-refractivity contribution >= 4 is 11.7 Å². The lowest BCUT2D eigenvalue weighted by atomic mass is 10.1. The van der Waals surface area contributed by atoms with Crippen molar-refractivity contribution in [3.8, 4) is 11.8 Å². The van der Waals surface area contributed by atoms with Gasteiger partial charge in [-0.05, 0) is 30.3 Å². The third-order valence-corrected chi connectivity index (χ3v) is 2.44. The number of hydrogen-bond donors (Lipinski definition) is 2. The van der Waals surface area contributed by atoms with Crippen LogP contribution in [0.25, 0.3) is 0 Å². The Morgan fingerprint density at radius 1 is 1.33 bits per heavy atom. The molecule has 21 heavy (non-hydrogen) atoms. The first-order valence-electron chi connectivity index (χ1n) is 5.80. The molecule has 3 N–H and O–H groups in total. The SMILES string of the molecule is COc1cccc(F)c1.N#Cc1ccc(C(=O)O)c(N)c1. The van der Waals surface area contributed by atoms with E-state index in [-0.39, 0.29) is 17.1 Å². The third kappa shape index (κ3) is 4.84. The number of benzene rings is 2. The molecular weight excluding hydrogens is 275 g/mol. The minimum atomic E-state index is -1.09. The number of rotatable bonds is 2. The number of halogens is 1. The Kier molecular flexibility index (Phi) is 5.71. The molecule has 0 fully saturated rings. The minimum Gasteiger partial charge on any atom is -0.497 e. The van der Waals surface area contributed by atoms with E-state index >= 15 is 0 Å². The molecule has 0 unspecified atom stereocenters. The second-order valence-electron chi connectivity index (χ2n) is 3.88.